The summed E-state index contributed by atoms with van der Waals surface area (Å²) in [7, 11) is 0. The Morgan fingerprint density at radius 1 is 1.15 bits per heavy atom. The Hall–Kier alpha value is -1.26. The molecule has 0 bridgehead atoms. The Bertz CT molecular complexity index is 576. The summed E-state index contributed by atoms with van der Waals surface area (Å²) in [5.41, 5.74) is 0.516. The lowest BCUT2D eigenvalue weighted by Crippen LogP contribution is -2.61. The maximum absolute atomic E-state index is 12.6. The number of amides is 2. The smallest absolute Gasteiger partial charge is 0.250 e. The lowest BCUT2D eigenvalue weighted by Gasteiger charge is -2.42. The van der Waals surface area contributed by atoms with Gasteiger partial charge in [0.2, 0.25) is 11.8 Å². The molecule has 3 rings (SSSR count). The monoisotopic (exact) mass is 312 g/mol. The summed E-state index contributed by atoms with van der Waals surface area (Å²) in [6, 6.07) is 4.59. The molecule has 2 aliphatic heterocycles. The van der Waals surface area contributed by atoms with Crippen molar-refractivity contribution in [2.75, 3.05) is 18.0 Å². The number of benzene rings is 1. The van der Waals surface area contributed by atoms with Crippen LogP contribution in [0.15, 0.2) is 18.2 Å². The van der Waals surface area contributed by atoms with Crippen molar-refractivity contribution >= 4 is 40.7 Å². The lowest BCUT2D eigenvalue weighted by molar-refractivity contribution is -0.144. The molecule has 0 spiro atoms. The lowest BCUT2D eigenvalue weighted by atomic mass is 9.98. The van der Waals surface area contributed by atoms with Gasteiger partial charge in [0.05, 0.1) is 10.7 Å². The molecule has 1 atom stereocenters. The Kier molecular flexibility index (Phi) is 3.61. The van der Waals surface area contributed by atoms with Gasteiger partial charge in [-0.1, -0.05) is 23.2 Å². The molecular formula is C14H14Cl2N2O2. The van der Waals surface area contributed by atoms with Crippen LogP contribution in [0.4, 0.5) is 5.69 Å². The molecule has 0 radical (unpaired) electrons. The molecule has 2 heterocycles. The molecule has 2 saturated heterocycles. The van der Waals surface area contributed by atoms with E-state index in [1.807, 2.05) is 0 Å². The molecule has 0 aromatic heterocycles. The number of carbonyl (C=O) groups is 2. The highest BCUT2D eigenvalue weighted by Crippen LogP contribution is 2.33. The van der Waals surface area contributed by atoms with E-state index in [-0.39, 0.29) is 24.4 Å². The van der Waals surface area contributed by atoms with Gasteiger partial charge in [0.25, 0.3) is 0 Å². The molecule has 2 aliphatic rings. The highest BCUT2D eigenvalue weighted by atomic mass is 35.5. The van der Waals surface area contributed by atoms with Crippen molar-refractivity contribution in [1.29, 1.82) is 0 Å². The van der Waals surface area contributed by atoms with Gasteiger partial charge in [-0.25, -0.2) is 0 Å². The minimum absolute atomic E-state index is 0.0228. The summed E-state index contributed by atoms with van der Waals surface area (Å²) in [5, 5.41) is 0.926. The largest absolute Gasteiger partial charge is 0.329 e. The molecule has 2 fully saturated rings. The van der Waals surface area contributed by atoms with E-state index in [1.54, 1.807) is 23.1 Å². The van der Waals surface area contributed by atoms with E-state index in [9.17, 15) is 9.59 Å². The Morgan fingerprint density at radius 2 is 1.95 bits per heavy atom. The van der Waals surface area contributed by atoms with Gasteiger partial charge in [0.15, 0.2) is 0 Å². The minimum atomic E-state index is -0.347. The minimum Gasteiger partial charge on any atom is -0.329 e. The molecule has 2 amide bonds. The fourth-order valence-electron chi connectivity index (χ4n) is 2.87. The fraction of sp³-hybridized carbons (Fsp3) is 0.429. The predicted octanol–water partition coefficient (Wildman–Crippen LogP) is 2.72. The maximum atomic E-state index is 12.6. The van der Waals surface area contributed by atoms with E-state index in [1.165, 1.54) is 4.90 Å². The number of hydrogen-bond donors (Lipinski definition) is 0. The summed E-state index contributed by atoms with van der Waals surface area (Å²) in [5.74, 6) is -0.0844. The molecule has 1 aromatic rings. The van der Waals surface area contributed by atoms with Crippen LogP contribution in [0.1, 0.15) is 19.3 Å². The van der Waals surface area contributed by atoms with Crippen LogP contribution in [0.2, 0.25) is 10.0 Å². The van der Waals surface area contributed by atoms with Crippen LogP contribution in [0, 0.1) is 0 Å². The van der Waals surface area contributed by atoms with Crippen molar-refractivity contribution < 1.29 is 9.59 Å². The second-order valence-electron chi connectivity index (χ2n) is 5.12. The summed E-state index contributed by atoms with van der Waals surface area (Å²) >= 11 is 12.1. The average Bonchev–Trinajstić information content (AvgIpc) is 2.46. The second kappa shape index (κ2) is 5.26. The van der Waals surface area contributed by atoms with E-state index >= 15 is 0 Å². The standard InChI is InChI=1S/C14H14Cl2N2O2/c15-9-4-5-10(16)12(7-9)18-8-13(19)17-6-2-1-3-11(17)14(18)20/h4-5,7,11H,1-3,6,8H2. The van der Waals surface area contributed by atoms with Crippen LogP contribution in [-0.2, 0) is 9.59 Å². The number of piperazine rings is 1. The molecule has 0 aliphatic carbocycles. The molecule has 20 heavy (non-hydrogen) atoms. The molecule has 106 valence electrons. The molecule has 1 unspecified atom stereocenters. The number of rotatable bonds is 1. The quantitative estimate of drug-likeness (QED) is 0.800. The molecule has 0 saturated carbocycles. The van der Waals surface area contributed by atoms with E-state index in [0.29, 0.717) is 22.3 Å². The van der Waals surface area contributed by atoms with Gasteiger partial charge in [0, 0.05) is 11.6 Å². The number of halogens is 2. The normalized spacial score (nSPS) is 23.0. The summed E-state index contributed by atoms with van der Waals surface area (Å²) in [6.07, 6.45) is 2.66. The van der Waals surface area contributed by atoms with Crippen molar-refractivity contribution in [3.8, 4) is 0 Å². The Balaban J connectivity index is 1.96. The first-order valence-corrected chi connectivity index (χ1v) is 7.39. The van der Waals surface area contributed by atoms with Gasteiger partial charge in [-0.2, -0.15) is 0 Å². The van der Waals surface area contributed by atoms with Gasteiger partial charge >= 0.3 is 0 Å². The first kappa shape index (κ1) is 13.7. The SMILES string of the molecule is O=C1C2CCCCN2C(=O)CN1c1cc(Cl)ccc1Cl. The highest BCUT2D eigenvalue weighted by molar-refractivity contribution is 6.36. The first-order chi connectivity index (χ1) is 9.58. The predicted molar refractivity (Wildman–Crippen MR) is 78.2 cm³/mol. The zero-order chi connectivity index (χ0) is 14.3. The van der Waals surface area contributed by atoms with Crippen LogP contribution >= 0.6 is 23.2 Å². The number of piperidine rings is 1. The van der Waals surface area contributed by atoms with Gasteiger partial charge in [-0.15, -0.1) is 0 Å². The zero-order valence-electron chi connectivity index (χ0n) is 10.8. The fourth-order valence-corrected chi connectivity index (χ4v) is 3.25. The van der Waals surface area contributed by atoms with E-state index in [4.69, 9.17) is 23.2 Å². The molecule has 6 heteroatoms. The van der Waals surface area contributed by atoms with Crippen LogP contribution in [0.5, 0.6) is 0 Å². The molecule has 0 N–H and O–H groups in total. The molecule has 1 aromatic carbocycles. The summed E-state index contributed by atoms with van der Waals surface area (Å²) in [4.78, 5) is 28.0. The van der Waals surface area contributed by atoms with Crippen molar-refractivity contribution in [1.82, 2.24) is 4.90 Å². The van der Waals surface area contributed by atoms with E-state index < -0.39 is 0 Å². The van der Waals surface area contributed by atoms with Crippen molar-refractivity contribution in [3.05, 3.63) is 28.2 Å². The van der Waals surface area contributed by atoms with E-state index in [2.05, 4.69) is 0 Å². The maximum Gasteiger partial charge on any atom is 0.250 e. The van der Waals surface area contributed by atoms with Crippen molar-refractivity contribution in [2.24, 2.45) is 0 Å². The second-order valence-corrected chi connectivity index (χ2v) is 5.96. The zero-order valence-corrected chi connectivity index (χ0v) is 12.3. The van der Waals surface area contributed by atoms with Crippen LogP contribution in [0.3, 0.4) is 0 Å². The van der Waals surface area contributed by atoms with Crippen molar-refractivity contribution in [2.45, 2.75) is 25.3 Å². The third kappa shape index (κ3) is 2.27. The van der Waals surface area contributed by atoms with Crippen LogP contribution in [-0.4, -0.2) is 35.8 Å². The molecular weight excluding hydrogens is 299 g/mol. The van der Waals surface area contributed by atoms with Crippen LogP contribution in [0.25, 0.3) is 0 Å². The van der Waals surface area contributed by atoms with Gasteiger partial charge in [-0.3, -0.25) is 14.5 Å². The number of nitrogens with zero attached hydrogens (tertiary/aromatic N) is 2. The summed E-state index contributed by atoms with van der Waals surface area (Å²) in [6.45, 7) is 0.710. The van der Waals surface area contributed by atoms with Gasteiger partial charge in [-0.05, 0) is 37.5 Å². The van der Waals surface area contributed by atoms with Crippen LogP contribution < -0.4 is 4.90 Å². The van der Waals surface area contributed by atoms with Crippen molar-refractivity contribution in [3.63, 3.8) is 0 Å². The van der Waals surface area contributed by atoms with Gasteiger partial charge < -0.3 is 4.90 Å². The first-order valence-electron chi connectivity index (χ1n) is 6.64. The number of hydrogen-bond acceptors (Lipinski definition) is 2. The molecule has 4 nitrogen and oxygen atoms in total. The third-order valence-corrected chi connectivity index (χ3v) is 4.42. The number of carbonyl (C=O) groups excluding carboxylic acids is 2. The Morgan fingerprint density at radius 3 is 2.75 bits per heavy atom. The highest BCUT2D eigenvalue weighted by Gasteiger charge is 2.41. The number of anilines is 1. The Labute approximate surface area is 127 Å². The topological polar surface area (TPSA) is 40.6 Å². The summed E-state index contributed by atoms with van der Waals surface area (Å²) < 4.78 is 0. The number of fused-ring (bicyclic) bond motifs is 1. The third-order valence-electron chi connectivity index (χ3n) is 3.87. The van der Waals surface area contributed by atoms with Gasteiger partial charge in [0.1, 0.15) is 12.6 Å². The average molecular weight is 313 g/mol. The van der Waals surface area contributed by atoms with E-state index in [0.717, 1.165) is 19.3 Å².